The SMILES string of the molecule is CS(=O)(=O)N1CCC(c2noc(CNC(=O)C3CC3)n2)CC1. The number of hydrogen-bond acceptors (Lipinski definition) is 6. The molecule has 2 fully saturated rings. The number of sulfonamides is 1. The standard InChI is InChI=1S/C13H20N4O4S/c1-22(19,20)17-6-4-9(5-7-17)12-15-11(21-16-12)8-14-13(18)10-2-3-10/h9-10H,2-8H2,1H3,(H,14,18). The van der Waals surface area contributed by atoms with E-state index in [4.69, 9.17) is 4.52 Å². The van der Waals surface area contributed by atoms with Gasteiger partial charge in [-0.05, 0) is 25.7 Å². The normalized spacial score (nSPS) is 21.0. The highest BCUT2D eigenvalue weighted by Gasteiger charge is 2.30. The highest BCUT2D eigenvalue weighted by Crippen LogP contribution is 2.29. The van der Waals surface area contributed by atoms with E-state index in [9.17, 15) is 13.2 Å². The quantitative estimate of drug-likeness (QED) is 0.830. The Kier molecular flexibility index (Phi) is 4.18. The van der Waals surface area contributed by atoms with Gasteiger partial charge in [-0.1, -0.05) is 5.16 Å². The topological polar surface area (TPSA) is 105 Å². The van der Waals surface area contributed by atoms with Gasteiger partial charge < -0.3 is 9.84 Å². The second-order valence-electron chi connectivity index (χ2n) is 5.97. The van der Waals surface area contributed by atoms with Crippen LogP contribution in [0.15, 0.2) is 4.52 Å². The second kappa shape index (κ2) is 5.96. The third-order valence-electron chi connectivity index (χ3n) is 4.13. The number of carbonyl (C=O) groups is 1. The first kappa shape index (κ1) is 15.4. The molecule has 1 saturated heterocycles. The van der Waals surface area contributed by atoms with Gasteiger partial charge in [0.1, 0.15) is 0 Å². The summed E-state index contributed by atoms with van der Waals surface area (Å²) >= 11 is 0. The lowest BCUT2D eigenvalue weighted by molar-refractivity contribution is -0.122. The minimum Gasteiger partial charge on any atom is -0.347 e. The molecule has 1 aliphatic heterocycles. The van der Waals surface area contributed by atoms with Crippen molar-refractivity contribution in [2.75, 3.05) is 19.3 Å². The van der Waals surface area contributed by atoms with E-state index in [1.165, 1.54) is 10.6 Å². The molecule has 122 valence electrons. The Labute approximate surface area is 129 Å². The summed E-state index contributed by atoms with van der Waals surface area (Å²) < 4.78 is 29.6. The van der Waals surface area contributed by atoms with Crippen molar-refractivity contribution < 1.29 is 17.7 Å². The van der Waals surface area contributed by atoms with Crippen LogP contribution in [0.1, 0.15) is 43.3 Å². The van der Waals surface area contributed by atoms with E-state index in [2.05, 4.69) is 15.5 Å². The van der Waals surface area contributed by atoms with Crippen LogP contribution < -0.4 is 5.32 Å². The molecule has 3 rings (SSSR count). The zero-order valence-corrected chi connectivity index (χ0v) is 13.3. The van der Waals surface area contributed by atoms with Gasteiger partial charge in [0.05, 0.1) is 12.8 Å². The largest absolute Gasteiger partial charge is 0.347 e. The molecule has 1 amide bonds. The molecule has 8 nitrogen and oxygen atoms in total. The molecule has 2 aliphatic rings. The summed E-state index contributed by atoms with van der Waals surface area (Å²) in [5, 5.41) is 6.74. The van der Waals surface area contributed by atoms with E-state index >= 15 is 0 Å². The highest BCUT2D eigenvalue weighted by molar-refractivity contribution is 7.88. The van der Waals surface area contributed by atoms with Crippen LogP contribution >= 0.6 is 0 Å². The van der Waals surface area contributed by atoms with Gasteiger partial charge in [-0.25, -0.2) is 12.7 Å². The molecule has 9 heteroatoms. The molecular formula is C13H20N4O4S. The number of aromatic nitrogens is 2. The minimum absolute atomic E-state index is 0.0428. The fourth-order valence-corrected chi connectivity index (χ4v) is 3.48. The Morgan fingerprint density at radius 2 is 2.00 bits per heavy atom. The third kappa shape index (κ3) is 3.64. The maximum atomic E-state index is 11.6. The molecule has 0 aromatic carbocycles. The summed E-state index contributed by atoms with van der Waals surface area (Å²) in [7, 11) is -3.13. The van der Waals surface area contributed by atoms with Crippen molar-refractivity contribution in [3.8, 4) is 0 Å². The number of nitrogens with zero attached hydrogens (tertiary/aromatic N) is 3. The first-order valence-electron chi connectivity index (χ1n) is 7.49. The van der Waals surface area contributed by atoms with Crippen molar-refractivity contribution in [1.29, 1.82) is 0 Å². The van der Waals surface area contributed by atoms with Crippen LogP contribution in [0.5, 0.6) is 0 Å². The molecule has 0 bridgehead atoms. The monoisotopic (exact) mass is 328 g/mol. The molecule has 0 radical (unpaired) electrons. The fourth-order valence-electron chi connectivity index (χ4n) is 2.60. The molecule has 2 heterocycles. The fraction of sp³-hybridized carbons (Fsp3) is 0.769. The van der Waals surface area contributed by atoms with E-state index in [0.29, 0.717) is 37.6 Å². The molecule has 1 aliphatic carbocycles. The van der Waals surface area contributed by atoms with Crippen molar-refractivity contribution >= 4 is 15.9 Å². The van der Waals surface area contributed by atoms with Crippen LogP contribution in [-0.2, 0) is 21.4 Å². The van der Waals surface area contributed by atoms with E-state index < -0.39 is 10.0 Å². The molecule has 0 atom stereocenters. The summed E-state index contributed by atoms with van der Waals surface area (Å²) in [5.74, 6) is 1.30. The molecular weight excluding hydrogens is 308 g/mol. The van der Waals surface area contributed by atoms with Crippen molar-refractivity contribution in [1.82, 2.24) is 19.8 Å². The Hall–Kier alpha value is -1.48. The van der Waals surface area contributed by atoms with E-state index in [0.717, 1.165) is 12.8 Å². The predicted molar refractivity (Wildman–Crippen MR) is 77.3 cm³/mol. The average Bonchev–Trinajstić information content (AvgIpc) is 3.23. The first-order valence-corrected chi connectivity index (χ1v) is 9.33. The molecule has 1 saturated carbocycles. The van der Waals surface area contributed by atoms with Crippen LogP contribution in [0.25, 0.3) is 0 Å². The van der Waals surface area contributed by atoms with E-state index in [1.807, 2.05) is 0 Å². The molecule has 22 heavy (non-hydrogen) atoms. The van der Waals surface area contributed by atoms with Gasteiger partial charge in [0.25, 0.3) is 0 Å². The van der Waals surface area contributed by atoms with Crippen molar-refractivity contribution in [3.63, 3.8) is 0 Å². The lowest BCUT2D eigenvalue weighted by atomic mass is 9.98. The van der Waals surface area contributed by atoms with Gasteiger partial charge in [0.2, 0.25) is 21.8 Å². The Morgan fingerprint density at radius 3 is 2.59 bits per heavy atom. The highest BCUT2D eigenvalue weighted by atomic mass is 32.2. The Balaban J connectivity index is 1.52. The number of piperidine rings is 1. The van der Waals surface area contributed by atoms with E-state index in [1.54, 1.807) is 0 Å². The number of rotatable bonds is 5. The predicted octanol–water partition coefficient (Wildman–Crippen LogP) is 0.235. The minimum atomic E-state index is -3.13. The first-order chi connectivity index (χ1) is 10.4. The van der Waals surface area contributed by atoms with E-state index in [-0.39, 0.29) is 24.3 Å². The molecule has 1 aromatic rings. The number of nitrogens with one attached hydrogen (secondary N) is 1. The third-order valence-corrected chi connectivity index (χ3v) is 5.44. The number of hydrogen-bond donors (Lipinski definition) is 1. The summed E-state index contributed by atoms with van der Waals surface area (Å²) in [6, 6.07) is 0. The second-order valence-corrected chi connectivity index (χ2v) is 7.96. The Morgan fingerprint density at radius 1 is 1.32 bits per heavy atom. The zero-order chi connectivity index (χ0) is 15.7. The molecule has 0 spiro atoms. The molecule has 1 aromatic heterocycles. The Bertz CT molecular complexity index is 645. The van der Waals surface area contributed by atoms with Gasteiger partial charge in [-0.3, -0.25) is 4.79 Å². The van der Waals surface area contributed by atoms with Gasteiger partial charge in [-0.2, -0.15) is 4.98 Å². The maximum Gasteiger partial charge on any atom is 0.246 e. The van der Waals surface area contributed by atoms with Crippen molar-refractivity contribution in [3.05, 3.63) is 11.7 Å². The number of amides is 1. The summed E-state index contributed by atoms with van der Waals surface area (Å²) in [5.41, 5.74) is 0. The summed E-state index contributed by atoms with van der Waals surface area (Å²) in [4.78, 5) is 15.9. The van der Waals surface area contributed by atoms with Crippen LogP contribution in [-0.4, -0.2) is 48.1 Å². The summed E-state index contributed by atoms with van der Waals surface area (Å²) in [6.07, 6.45) is 4.50. The molecule has 0 unspecified atom stereocenters. The van der Waals surface area contributed by atoms with Crippen molar-refractivity contribution in [2.24, 2.45) is 5.92 Å². The number of carbonyl (C=O) groups excluding carboxylic acids is 1. The van der Waals surface area contributed by atoms with Crippen molar-refractivity contribution in [2.45, 2.75) is 38.1 Å². The van der Waals surface area contributed by atoms with Crippen LogP contribution in [0.3, 0.4) is 0 Å². The van der Waals surface area contributed by atoms with Crippen LogP contribution in [0.4, 0.5) is 0 Å². The average molecular weight is 328 g/mol. The maximum absolute atomic E-state index is 11.6. The lowest BCUT2D eigenvalue weighted by Crippen LogP contribution is -2.37. The van der Waals surface area contributed by atoms with Crippen LogP contribution in [0, 0.1) is 5.92 Å². The van der Waals surface area contributed by atoms with Gasteiger partial charge >= 0.3 is 0 Å². The summed E-state index contributed by atoms with van der Waals surface area (Å²) in [6.45, 7) is 1.21. The van der Waals surface area contributed by atoms with Gasteiger partial charge in [0, 0.05) is 24.9 Å². The van der Waals surface area contributed by atoms with Crippen LogP contribution in [0.2, 0.25) is 0 Å². The van der Waals surface area contributed by atoms with Gasteiger partial charge in [0.15, 0.2) is 5.82 Å². The molecule has 1 N–H and O–H groups in total. The smallest absolute Gasteiger partial charge is 0.246 e. The van der Waals surface area contributed by atoms with Gasteiger partial charge in [-0.15, -0.1) is 0 Å². The lowest BCUT2D eigenvalue weighted by Gasteiger charge is -2.28. The zero-order valence-electron chi connectivity index (χ0n) is 12.5.